The van der Waals surface area contributed by atoms with Crippen LogP contribution in [0.25, 0.3) is 22.4 Å². The van der Waals surface area contributed by atoms with E-state index in [1.54, 1.807) is 43.3 Å². The zero-order chi connectivity index (χ0) is 21.5. The zero-order valence-electron chi connectivity index (χ0n) is 16.2. The minimum absolute atomic E-state index is 0.0852. The number of nitrogens with one attached hydrogen (secondary N) is 2. The Hall–Kier alpha value is -3.52. The van der Waals surface area contributed by atoms with E-state index >= 15 is 0 Å². The van der Waals surface area contributed by atoms with Crippen LogP contribution in [0.5, 0.6) is 0 Å². The fourth-order valence-corrected chi connectivity index (χ4v) is 3.78. The highest BCUT2D eigenvalue weighted by atomic mass is 32.2. The maximum atomic E-state index is 13.5. The standard InChI is InChI=1S/C22H18FN3O3S/c1-13-6-8-17(30(2,28)29)12-18(13)22(27)24-16-7-9-19-20(11-16)26-21(25-19)14-4-3-5-15(23)10-14/h3-12H,1-2H3,(H,24,27)(H,25,26). The summed E-state index contributed by atoms with van der Waals surface area (Å²) in [6, 6.07) is 15.7. The highest BCUT2D eigenvalue weighted by Gasteiger charge is 2.15. The van der Waals surface area contributed by atoms with Crippen molar-refractivity contribution < 1.29 is 17.6 Å². The van der Waals surface area contributed by atoms with Crippen molar-refractivity contribution >= 4 is 32.5 Å². The van der Waals surface area contributed by atoms with Crippen molar-refractivity contribution in [3.05, 3.63) is 77.6 Å². The van der Waals surface area contributed by atoms with Gasteiger partial charge < -0.3 is 10.3 Å². The van der Waals surface area contributed by atoms with E-state index in [1.165, 1.54) is 24.3 Å². The number of hydrogen-bond acceptors (Lipinski definition) is 4. The second-order valence-corrected chi connectivity index (χ2v) is 9.05. The van der Waals surface area contributed by atoms with Gasteiger partial charge in [-0.3, -0.25) is 4.79 Å². The molecule has 0 atom stereocenters. The Balaban J connectivity index is 1.64. The van der Waals surface area contributed by atoms with Crippen LogP contribution in [0.2, 0.25) is 0 Å². The number of nitrogens with zero attached hydrogens (tertiary/aromatic N) is 1. The molecule has 152 valence electrons. The van der Waals surface area contributed by atoms with Gasteiger partial charge in [-0.25, -0.2) is 17.8 Å². The zero-order valence-corrected chi connectivity index (χ0v) is 17.0. The third-order valence-corrected chi connectivity index (χ3v) is 5.83. The summed E-state index contributed by atoms with van der Waals surface area (Å²) in [6.45, 7) is 1.74. The van der Waals surface area contributed by atoms with E-state index in [-0.39, 0.29) is 16.3 Å². The van der Waals surface area contributed by atoms with Crippen LogP contribution in [0.15, 0.2) is 65.6 Å². The van der Waals surface area contributed by atoms with E-state index in [2.05, 4.69) is 15.3 Å². The second kappa shape index (κ2) is 7.38. The predicted molar refractivity (Wildman–Crippen MR) is 114 cm³/mol. The molecule has 6 nitrogen and oxygen atoms in total. The number of aryl methyl sites for hydroxylation is 1. The van der Waals surface area contributed by atoms with Gasteiger partial charge in [0.2, 0.25) is 0 Å². The fourth-order valence-electron chi connectivity index (χ4n) is 3.13. The second-order valence-electron chi connectivity index (χ2n) is 7.03. The molecule has 0 bridgehead atoms. The van der Waals surface area contributed by atoms with E-state index in [4.69, 9.17) is 0 Å². The molecule has 0 radical (unpaired) electrons. The van der Waals surface area contributed by atoms with Crippen LogP contribution in [-0.4, -0.2) is 30.5 Å². The summed E-state index contributed by atoms with van der Waals surface area (Å²) in [5.74, 6) is -0.250. The van der Waals surface area contributed by atoms with Gasteiger partial charge in [-0.15, -0.1) is 0 Å². The Bertz CT molecular complexity index is 1390. The number of rotatable bonds is 4. The molecule has 1 amide bonds. The first-order valence-electron chi connectivity index (χ1n) is 9.08. The highest BCUT2D eigenvalue weighted by Crippen LogP contribution is 2.24. The van der Waals surface area contributed by atoms with Gasteiger partial charge in [-0.2, -0.15) is 0 Å². The van der Waals surface area contributed by atoms with Crippen molar-refractivity contribution in [1.82, 2.24) is 9.97 Å². The Kier molecular flexibility index (Phi) is 4.87. The molecule has 8 heteroatoms. The molecule has 30 heavy (non-hydrogen) atoms. The third-order valence-electron chi connectivity index (χ3n) is 4.72. The number of aromatic nitrogens is 2. The van der Waals surface area contributed by atoms with Crippen molar-refractivity contribution in [1.29, 1.82) is 0 Å². The van der Waals surface area contributed by atoms with Crippen molar-refractivity contribution in [3.63, 3.8) is 0 Å². The molecule has 0 saturated heterocycles. The quantitative estimate of drug-likeness (QED) is 0.511. The van der Waals surface area contributed by atoms with E-state index in [1.807, 2.05) is 0 Å². The van der Waals surface area contributed by atoms with Gasteiger partial charge >= 0.3 is 0 Å². The minimum Gasteiger partial charge on any atom is -0.338 e. The summed E-state index contributed by atoms with van der Waals surface area (Å²) in [6.07, 6.45) is 1.10. The van der Waals surface area contributed by atoms with Crippen LogP contribution >= 0.6 is 0 Å². The Morgan fingerprint density at radius 1 is 1.07 bits per heavy atom. The Morgan fingerprint density at radius 3 is 2.60 bits per heavy atom. The molecule has 1 aromatic heterocycles. The number of carbonyl (C=O) groups excluding carboxylic acids is 1. The molecule has 0 unspecified atom stereocenters. The molecule has 3 aromatic carbocycles. The predicted octanol–water partition coefficient (Wildman–Crippen LogP) is 4.33. The number of imidazole rings is 1. The maximum Gasteiger partial charge on any atom is 0.255 e. The molecule has 0 aliphatic carbocycles. The summed E-state index contributed by atoms with van der Waals surface area (Å²) >= 11 is 0. The molecule has 0 saturated carbocycles. The molecular formula is C22H18FN3O3S. The minimum atomic E-state index is -3.42. The van der Waals surface area contributed by atoms with Gasteiger partial charge in [0.15, 0.2) is 9.84 Å². The third kappa shape index (κ3) is 3.95. The van der Waals surface area contributed by atoms with E-state index < -0.39 is 15.7 Å². The molecule has 0 fully saturated rings. The van der Waals surface area contributed by atoms with E-state index in [9.17, 15) is 17.6 Å². The molecule has 0 spiro atoms. The number of carbonyl (C=O) groups is 1. The number of H-pyrrole nitrogens is 1. The molecule has 1 heterocycles. The monoisotopic (exact) mass is 423 g/mol. The fraction of sp³-hybridized carbons (Fsp3) is 0.0909. The molecular weight excluding hydrogens is 405 g/mol. The first kappa shape index (κ1) is 19.8. The van der Waals surface area contributed by atoms with Crippen LogP contribution in [0.4, 0.5) is 10.1 Å². The SMILES string of the molecule is Cc1ccc(S(C)(=O)=O)cc1C(=O)Nc1ccc2nc(-c3cccc(F)c3)[nH]c2c1. The van der Waals surface area contributed by atoms with Gasteiger partial charge in [0.25, 0.3) is 5.91 Å². The number of halogens is 1. The summed E-state index contributed by atoms with van der Waals surface area (Å²) in [4.78, 5) is 20.4. The molecule has 4 aromatic rings. The van der Waals surface area contributed by atoms with Crippen LogP contribution < -0.4 is 5.32 Å². The van der Waals surface area contributed by atoms with E-state index in [0.29, 0.717) is 33.7 Å². The summed E-state index contributed by atoms with van der Waals surface area (Å²) < 4.78 is 37.1. The first-order chi connectivity index (χ1) is 14.2. The highest BCUT2D eigenvalue weighted by molar-refractivity contribution is 7.90. The van der Waals surface area contributed by atoms with Crippen LogP contribution in [0.3, 0.4) is 0 Å². The maximum absolute atomic E-state index is 13.5. The van der Waals surface area contributed by atoms with Crippen LogP contribution in [0.1, 0.15) is 15.9 Å². The number of hydrogen-bond donors (Lipinski definition) is 2. The molecule has 4 rings (SSSR count). The Morgan fingerprint density at radius 2 is 1.87 bits per heavy atom. The first-order valence-corrected chi connectivity index (χ1v) is 11.0. The van der Waals surface area contributed by atoms with E-state index in [0.717, 1.165) is 6.26 Å². The number of amides is 1. The number of fused-ring (bicyclic) bond motifs is 1. The number of anilines is 1. The smallest absolute Gasteiger partial charge is 0.255 e. The number of aromatic amines is 1. The topological polar surface area (TPSA) is 91.9 Å². The largest absolute Gasteiger partial charge is 0.338 e. The Labute approximate surface area is 172 Å². The van der Waals surface area contributed by atoms with Crippen molar-refractivity contribution in [2.75, 3.05) is 11.6 Å². The lowest BCUT2D eigenvalue weighted by Gasteiger charge is -2.09. The molecule has 2 N–H and O–H groups in total. The average Bonchev–Trinajstić information content (AvgIpc) is 3.11. The summed E-state index contributed by atoms with van der Waals surface area (Å²) in [5.41, 5.74) is 3.42. The van der Waals surface area contributed by atoms with Gasteiger partial charge in [0.1, 0.15) is 11.6 Å². The summed E-state index contributed by atoms with van der Waals surface area (Å²) in [5, 5.41) is 2.79. The van der Waals surface area contributed by atoms with Gasteiger partial charge in [-0.1, -0.05) is 18.2 Å². The van der Waals surface area contributed by atoms with Crippen molar-refractivity contribution in [2.45, 2.75) is 11.8 Å². The lowest BCUT2D eigenvalue weighted by Crippen LogP contribution is -2.14. The van der Waals surface area contributed by atoms with Crippen LogP contribution in [0, 0.1) is 12.7 Å². The number of benzene rings is 3. The molecule has 0 aliphatic rings. The summed E-state index contributed by atoms with van der Waals surface area (Å²) in [7, 11) is -3.42. The molecule has 0 aliphatic heterocycles. The van der Waals surface area contributed by atoms with Crippen molar-refractivity contribution in [2.24, 2.45) is 0 Å². The lowest BCUT2D eigenvalue weighted by atomic mass is 10.1. The van der Waals surface area contributed by atoms with Gasteiger partial charge in [-0.05, 0) is 55.0 Å². The number of sulfone groups is 1. The normalized spacial score (nSPS) is 11.6. The van der Waals surface area contributed by atoms with Crippen molar-refractivity contribution in [3.8, 4) is 11.4 Å². The van der Waals surface area contributed by atoms with Gasteiger partial charge in [0, 0.05) is 23.1 Å². The van der Waals surface area contributed by atoms with Gasteiger partial charge in [0.05, 0.1) is 15.9 Å². The lowest BCUT2D eigenvalue weighted by molar-refractivity contribution is 0.102. The average molecular weight is 423 g/mol. The van der Waals surface area contributed by atoms with Crippen LogP contribution in [-0.2, 0) is 9.84 Å².